The molecule has 3 rings (SSSR count). The normalized spacial score (nSPS) is 17.3. The first-order valence-electron chi connectivity index (χ1n) is 7.44. The Morgan fingerprint density at radius 1 is 1.35 bits per heavy atom. The molecule has 1 fully saturated rings. The van der Waals surface area contributed by atoms with Gasteiger partial charge < -0.3 is 10.6 Å². The lowest BCUT2D eigenvalue weighted by Gasteiger charge is -2.21. The van der Waals surface area contributed by atoms with E-state index in [0.29, 0.717) is 5.13 Å². The van der Waals surface area contributed by atoms with Gasteiger partial charge in [-0.05, 0) is 37.1 Å². The number of nitrogens with one attached hydrogen (secondary N) is 2. The van der Waals surface area contributed by atoms with Crippen LogP contribution in [0.1, 0.15) is 29.7 Å². The maximum absolute atomic E-state index is 12.2. The molecular weight excluding hydrogens is 398 g/mol. The molecule has 0 aliphatic carbocycles. The minimum absolute atomic E-state index is 0. The van der Waals surface area contributed by atoms with Gasteiger partial charge in [-0.3, -0.25) is 4.79 Å². The summed E-state index contributed by atoms with van der Waals surface area (Å²) in [6.45, 7) is 0.921. The van der Waals surface area contributed by atoms with Gasteiger partial charge in [-0.15, -0.1) is 23.7 Å². The first-order chi connectivity index (χ1) is 10.7. The van der Waals surface area contributed by atoms with Crippen molar-refractivity contribution in [3.05, 3.63) is 45.4 Å². The molecule has 7 heteroatoms. The molecular formula is C16H19BrClN3OS. The standard InChI is InChI=1S/C16H18BrN3OS.ClH/c17-12-6-4-11(5-7-12)9-13-10-19-16(22-13)20-15(21)14-3-1-2-8-18-14;/h4-7,10,14,18H,1-3,8-9H2,(H,19,20,21);1H/t14-;/m0./s1. The molecule has 2 N–H and O–H groups in total. The number of piperidine rings is 1. The first-order valence-corrected chi connectivity index (χ1v) is 9.05. The van der Waals surface area contributed by atoms with Crippen molar-refractivity contribution < 1.29 is 4.79 Å². The molecule has 4 nitrogen and oxygen atoms in total. The zero-order valence-corrected chi connectivity index (χ0v) is 15.8. The fraction of sp³-hybridized carbons (Fsp3) is 0.375. The van der Waals surface area contributed by atoms with E-state index < -0.39 is 0 Å². The highest BCUT2D eigenvalue weighted by Crippen LogP contribution is 2.22. The monoisotopic (exact) mass is 415 g/mol. The summed E-state index contributed by atoms with van der Waals surface area (Å²) in [7, 11) is 0. The molecule has 1 atom stereocenters. The molecule has 23 heavy (non-hydrogen) atoms. The van der Waals surface area contributed by atoms with E-state index in [-0.39, 0.29) is 24.4 Å². The summed E-state index contributed by atoms with van der Waals surface area (Å²) in [6, 6.07) is 8.18. The second kappa shape index (κ2) is 8.78. The number of benzene rings is 1. The Balaban J connectivity index is 0.00000192. The molecule has 1 amide bonds. The predicted octanol–water partition coefficient (Wildman–Crippen LogP) is 4.00. The summed E-state index contributed by atoms with van der Waals surface area (Å²) < 4.78 is 1.08. The third kappa shape index (κ3) is 5.28. The Morgan fingerprint density at radius 2 is 2.13 bits per heavy atom. The van der Waals surface area contributed by atoms with Crippen LogP contribution >= 0.6 is 39.7 Å². The third-order valence-corrected chi connectivity index (χ3v) is 5.14. The van der Waals surface area contributed by atoms with Gasteiger partial charge in [0.15, 0.2) is 5.13 Å². The molecule has 2 heterocycles. The molecule has 0 saturated carbocycles. The van der Waals surface area contributed by atoms with Crippen LogP contribution in [-0.2, 0) is 11.2 Å². The van der Waals surface area contributed by atoms with Crippen LogP contribution in [0.5, 0.6) is 0 Å². The number of carbonyl (C=O) groups excluding carboxylic acids is 1. The van der Waals surface area contributed by atoms with Gasteiger partial charge in [-0.25, -0.2) is 4.98 Å². The number of aromatic nitrogens is 1. The molecule has 0 bridgehead atoms. The Morgan fingerprint density at radius 3 is 2.83 bits per heavy atom. The highest BCUT2D eigenvalue weighted by Gasteiger charge is 2.21. The largest absolute Gasteiger partial charge is 0.306 e. The lowest BCUT2D eigenvalue weighted by Crippen LogP contribution is -2.43. The summed E-state index contributed by atoms with van der Waals surface area (Å²) in [4.78, 5) is 17.6. The van der Waals surface area contributed by atoms with Crippen molar-refractivity contribution in [3.8, 4) is 0 Å². The fourth-order valence-electron chi connectivity index (χ4n) is 2.52. The second-order valence-corrected chi connectivity index (χ2v) is 7.46. The molecule has 1 aromatic carbocycles. The predicted molar refractivity (Wildman–Crippen MR) is 101 cm³/mol. The highest BCUT2D eigenvalue weighted by atomic mass is 79.9. The summed E-state index contributed by atoms with van der Waals surface area (Å²) in [5.74, 6) is 0.0317. The van der Waals surface area contributed by atoms with Crippen LogP contribution in [0.25, 0.3) is 0 Å². The Kier molecular flexibility index (Phi) is 7.02. The van der Waals surface area contributed by atoms with Gasteiger partial charge in [0, 0.05) is 22.0 Å². The molecule has 2 aromatic rings. The maximum Gasteiger partial charge on any atom is 0.243 e. The molecule has 1 saturated heterocycles. The van der Waals surface area contributed by atoms with Gasteiger partial charge >= 0.3 is 0 Å². The highest BCUT2D eigenvalue weighted by molar-refractivity contribution is 9.10. The fourth-order valence-corrected chi connectivity index (χ4v) is 3.63. The minimum atomic E-state index is -0.0763. The maximum atomic E-state index is 12.2. The Bertz CT molecular complexity index is 641. The molecule has 0 spiro atoms. The van der Waals surface area contributed by atoms with Crippen molar-refractivity contribution in [2.24, 2.45) is 0 Å². The summed E-state index contributed by atoms with van der Waals surface area (Å²) >= 11 is 4.98. The van der Waals surface area contributed by atoms with Crippen LogP contribution in [0.2, 0.25) is 0 Å². The topological polar surface area (TPSA) is 54.0 Å². The number of hydrogen-bond acceptors (Lipinski definition) is 4. The van der Waals surface area contributed by atoms with Gasteiger partial charge in [0.05, 0.1) is 6.04 Å². The van der Waals surface area contributed by atoms with Crippen LogP contribution in [0.4, 0.5) is 5.13 Å². The van der Waals surface area contributed by atoms with Crippen molar-refractivity contribution in [2.75, 3.05) is 11.9 Å². The van der Waals surface area contributed by atoms with Crippen LogP contribution in [0.3, 0.4) is 0 Å². The molecule has 1 aromatic heterocycles. The number of anilines is 1. The van der Waals surface area contributed by atoms with Crippen molar-refractivity contribution in [1.82, 2.24) is 10.3 Å². The van der Waals surface area contributed by atoms with Gasteiger partial charge in [0.25, 0.3) is 0 Å². The summed E-state index contributed by atoms with van der Waals surface area (Å²) in [5.41, 5.74) is 1.23. The van der Waals surface area contributed by atoms with Gasteiger partial charge in [0.1, 0.15) is 0 Å². The smallest absolute Gasteiger partial charge is 0.243 e. The van der Waals surface area contributed by atoms with Gasteiger partial charge in [0.2, 0.25) is 5.91 Å². The molecule has 0 radical (unpaired) electrons. The van der Waals surface area contributed by atoms with E-state index in [4.69, 9.17) is 0 Å². The summed E-state index contributed by atoms with van der Waals surface area (Å²) in [6.07, 6.45) is 5.85. The SMILES string of the molecule is Cl.O=C(Nc1ncc(Cc2ccc(Br)cc2)s1)[C@@H]1CCCCN1. The zero-order valence-electron chi connectivity index (χ0n) is 12.5. The van der Waals surface area contributed by atoms with Gasteiger partial charge in [-0.2, -0.15) is 0 Å². The third-order valence-electron chi connectivity index (χ3n) is 3.70. The summed E-state index contributed by atoms with van der Waals surface area (Å²) in [5, 5.41) is 6.86. The van der Waals surface area contributed by atoms with Crippen molar-refractivity contribution >= 4 is 50.7 Å². The van der Waals surface area contributed by atoms with Crippen molar-refractivity contribution in [1.29, 1.82) is 0 Å². The number of carbonyl (C=O) groups is 1. The molecule has 1 aliphatic rings. The molecule has 124 valence electrons. The quantitative estimate of drug-likeness (QED) is 0.792. The van der Waals surface area contributed by atoms with Crippen LogP contribution < -0.4 is 10.6 Å². The van der Waals surface area contributed by atoms with E-state index in [1.165, 1.54) is 5.56 Å². The van der Waals surface area contributed by atoms with E-state index >= 15 is 0 Å². The number of rotatable bonds is 4. The minimum Gasteiger partial charge on any atom is -0.306 e. The average Bonchev–Trinajstić information content (AvgIpc) is 2.97. The number of amides is 1. The lowest BCUT2D eigenvalue weighted by molar-refractivity contribution is -0.118. The van der Waals surface area contributed by atoms with Crippen LogP contribution in [-0.4, -0.2) is 23.5 Å². The lowest BCUT2D eigenvalue weighted by atomic mass is 10.0. The average molecular weight is 417 g/mol. The first kappa shape index (κ1) is 18.4. The van der Waals surface area contributed by atoms with Crippen LogP contribution in [0.15, 0.2) is 34.9 Å². The second-order valence-electron chi connectivity index (χ2n) is 5.43. The van der Waals surface area contributed by atoms with E-state index in [1.54, 1.807) is 11.3 Å². The number of nitrogens with zero attached hydrogens (tertiary/aromatic N) is 1. The van der Waals surface area contributed by atoms with Crippen molar-refractivity contribution in [3.63, 3.8) is 0 Å². The zero-order chi connectivity index (χ0) is 15.4. The van der Waals surface area contributed by atoms with E-state index in [1.807, 2.05) is 18.3 Å². The Labute approximate surface area is 154 Å². The number of hydrogen-bond donors (Lipinski definition) is 2. The molecule has 0 unspecified atom stereocenters. The van der Waals surface area contributed by atoms with Crippen molar-refractivity contribution in [2.45, 2.75) is 31.7 Å². The van der Waals surface area contributed by atoms with E-state index in [9.17, 15) is 4.79 Å². The Hall–Kier alpha value is -0.950. The number of halogens is 2. The van der Waals surface area contributed by atoms with Crippen LogP contribution in [0, 0.1) is 0 Å². The molecule has 1 aliphatic heterocycles. The van der Waals surface area contributed by atoms with Gasteiger partial charge in [-0.1, -0.05) is 34.5 Å². The van der Waals surface area contributed by atoms with E-state index in [0.717, 1.165) is 41.6 Å². The van der Waals surface area contributed by atoms with E-state index in [2.05, 4.69) is 43.7 Å². The number of thiazole rings is 1.